The lowest BCUT2D eigenvalue weighted by Gasteiger charge is -2.20. The SMILES string of the molecule is O=C(Nc1ccccc1Cl)C1CCc2nc[nH]c2C1. The summed E-state index contributed by atoms with van der Waals surface area (Å²) < 4.78 is 0. The lowest BCUT2D eigenvalue weighted by Crippen LogP contribution is -2.28. The first-order valence-electron chi connectivity index (χ1n) is 6.30. The molecule has 0 spiro atoms. The van der Waals surface area contributed by atoms with Crippen LogP contribution in [0.1, 0.15) is 17.8 Å². The third-order valence-electron chi connectivity index (χ3n) is 3.49. The van der Waals surface area contributed by atoms with Gasteiger partial charge in [-0.3, -0.25) is 4.79 Å². The molecule has 1 aromatic heterocycles. The number of imidazole rings is 1. The highest BCUT2D eigenvalue weighted by Crippen LogP contribution is 2.26. The van der Waals surface area contributed by atoms with Crippen LogP contribution >= 0.6 is 11.6 Å². The monoisotopic (exact) mass is 275 g/mol. The van der Waals surface area contributed by atoms with Crippen LogP contribution in [0.2, 0.25) is 5.02 Å². The van der Waals surface area contributed by atoms with Gasteiger partial charge in [0.25, 0.3) is 0 Å². The van der Waals surface area contributed by atoms with E-state index in [1.54, 1.807) is 12.4 Å². The number of hydrogen-bond donors (Lipinski definition) is 2. The van der Waals surface area contributed by atoms with Crippen LogP contribution in [0, 0.1) is 5.92 Å². The lowest BCUT2D eigenvalue weighted by atomic mass is 9.89. The van der Waals surface area contributed by atoms with Crippen molar-refractivity contribution < 1.29 is 4.79 Å². The minimum Gasteiger partial charge on any atom is -0.348 e. The highest BCUT2D eigenvalue weighted by Gasteiger charge is 2.26. The number of nitrogens with one attached hydrogen (secondary N) is 2. The van der Waals surface area contributed by atoms with E-state index in [0.717, 1.165) is 24.2 Å². The number of para-hydroxylation sites is 1. The number of benzene rings is 1. The van der Waals surface area contributed by atoms with Gasteiger partial charge < -0.3 is 10.3 Å². The maximum atomic E-state index is 12.2. The molecule has 98 valence electrons. The number of rotatable bonds is 2. The number of aromatic nitrogens is 2. The number of halogens is 1. The normalized spacial score (nSPS) is 17.8. The quantitative estimate of drug-likeness (QED) is 0.885. The number of carbonyl (C=O) groups excluding carboxylic acids is 1. The Bertz CT molecular complexity index is 608. The predicted molar refractivity (Wildman–Crippen MR) is 74.2 cm³/mol. The van der Waals surface area contributed by atoms with Crippen LogP contribution in [0.4, 0.5) is 5.69 Å². The van der Waals surface area contributed by atoms with Gasteiger partial charge in [0.05, 0.1) is 22.7 Å². The molecule has 1 heterocycles. The Labute approximate surface area is 116 Å². The highest BCUT2D eigenvalue weighted by molar-refractivity contribution is 6.33. The molecule has 2 N–H and O–H groups in total. The van der Waals surface area contributed by atoms with Crippen LogP contribution in [-0.4, -0.2) is 15.9 Å². The summed E-state index contributed by atoms with van der Waals surface area (Å²) in [5, 5.41) is 3.46. The van der Waals surface area contributed by atoms with Gasteiger partial charge in [0, 0.05) is 18.0 Å². The van der Waals surface area contributed by atoms with E-state index in [-0.39, 0.29) is 11.8 Å². The number of anilines is 1. The molecular formula is C14H14ClN3O. The number of hydrogen-bond acceptors (Lipinski definition) is 2. The van der Waals surface area contributed by atoms with Crippen molar-refractivity contribution in [2.24, 2.45) is 5.92 Å². The standard InChI is InChI=1S/C14H14ClN3O/c15-10-3-1-2-4-11(10)18-14(19)9-5-6-12-13(7-9)17-8-16-12/h1-4,8-9H,5-7H2,(H,16,17)(H,18,19). The molecule has 1 amide bonds. The second-order valence-electron chi connectivity index (χ2n) is 4.74. The highest BCUT2D eigenvalue weighted by atomic mass is 35.5. The average Bonchev–Trinajstić information content (AvgIpc) is 2.88. The zero-order chi connectivity index (χ0) is 13.2. The molecule has 1 aliphatic carbocycles. The second kappa shape index (κ2) is 5.05. The maximum absolute atomic E-state index is 12.2. The van der Waals surface area contributed by atoms with Gasteiger partial charge in [-0.1, -0.05) is 23.7 Å². The molecule has 0 aliphatic heterocycles. The molecule has 1 unspecified atom stereocenters. The van der Waals surface area contributed by atoms with Crippen molar-refractivity contribution in [2.45, 2.75) is 19.3 Å². The van der Waals surface area contributed by atoms with Crippen molar-refractivity contribution in [3.05, 3.63) is 47.0 Å². The zero-order valence-corrected chi connectivity index (χ0v) is 11.1. The first kappa shape index (κ1) is 12.2. The van der Waals surface area contributed by atoms with Gasteiger partial charge in [-0.2, -0.15) is 0 Å². The Morgan fingerprint density at radius 1 is 1.42 bits per heavy atom. The number of fused-ring (bicyclic) bond motifs is 1. The van der Waals surface area contributed by atoms with Gasteiger partial charge in [-0.15, -0.1) is 0 Å². The molecule has 4 nitrogen and oxygen atoms in total. The summed E-state index contributed by atoms with van der Waals surface area (Å²) in [6.45, 7) is 0. The summed E-state index contributed by atoms with van der Waals surface area (Å²) in [5.41, 5.74) is 2.83. The topological polar surface area (TPSA) is 57.8 Å². The summed E-state index contributed by atoms with van der Waals surface area (Å²) in [6, 6.07) is 7.28. The van der Waals surface area contributed by atoms with Crippen molar-refractivity contribution in [1.82, 2.24) is 9.97 Å². The Hall–Kier alpha value is -1.81. The van der Waals surface area contributed by atoms with Crippen molar-refractivity contribution in [2.75, 3.05) is 5.32 Å². The van der Waals surface area contributed by atoms with Gasteiger partial charge in [0.2, 0.25) is 5.91 Å². The van der Waals surface area contributed by atoms with Gasteiger partial charge in [-0.05, 0) is 25.0 Å². The van der Waals surface area contributed by atoms with Gasteiger partial charge in [0.1, 0.15) is 0 Å². The molecule has 3 rings (SSSR count). The van der Waals surface area contributed by atoms with Crippen molar-refractivity contribution in [3.8, 4) is 0 Å². The number of amides is 1. The molecule has 0 radical (unpaired) electrons. The van der Waals surface area contributed by atoms with Gasteiger partial charge in [-0.25, -0.2) is 4.98 Å². The van der Waals surface area contributed by atoms with Gasteiger partial charge >= 0.3 is 0 Å². The minimum absolute atomic E-state index is 0.0216. The van der Waals surface area contributed by atoms with Crippen LogP contribution in [0.15, 0.2) is 30.6 Å². The molecule has 0 bridgehead atoms. The van der Waals surface area contributed by atoms with Crippen LogP contribution in [-0.2, 0) is 17.6 Å². The zero-order valence-electron chi connectivity index (χ0n) is 10.3. The van der Waals surface area contributed by atoms with E-state index >= 15 is 0 Å². The van der Waals surface area contributed by atoms with E-state index in [2.05, 4.69) is 15.3 Å². The fourth-order valence-corrected chi connectivity index (χ4v) is 2.61. The fourth-order valence-electron chi connectivity index (χ4n) is 2.42. The average molecular weight is 276 g/mol. The van der Waals surface area contributed by atoms with E-state index in [1.165, 1.54) is 0 Å². The smallest absolute Gasteiger partial charge is 0.227 e. The molecule has 1 aromatic carbocycles. The number of aromatic amines is 1. The lowest BCUT2D eigenvalue weighted by molar-refractivity contribution is -0.120. The van der Waals surface area contributed by atoms with E-state index in [1.807, 2.05) is 18.2 Å². The molecule has 5 heteroatoms. The summed E-state index contributed by atoms with van der Waals surface area (Å²) in [5.74, 6) is -0.00225. The second-order valence-corrected chi connectivity index (χ2v) is 5.14. The van der Waals surface area contributed by atoms with Crippen LogP contribution in [0.5, 0.6) is 0 Å². The van der Waals surface area contributed by atoms with Crippen molar-refractivity contribution >= 4 is 23.2 Å². The minimum atomic E-state index is -0.0239. The van der Waals surface area contributed by atoms with E-state index < -0.39 is 0 Å². The molecule has 0 saturated carbocycles. The van der Waals surface area contributed by atoms with E-state index in [4.69, 9.17) is 11.6 Å². The summed E-state index contributed by atoms with van der Waals surface area (Å²) in [6.07, 6.45) is 4.08. The van der Waals surface area contributed by atoms with E-state index in [9.17, 15) is 4.79 Å². The summed E-state index contributed by atoms with van der Waals surface area (Å²) >= 11 is 6.04. The predicted octanol–water partition coefficient (Wildman–Crippen LogP) is 2.81. The summed E-state index contributed by atoms with van der Waals surface area (Å²) in [4.78, 5) is 19.6. The number of aryl methyl sites for hydroxylation is 1. The van der Waals surface area contributed by atoms with Crippen LogP contribution < -0.4 is 5.32 Å². The number of H-pyrrole nitrogens is 1. The molecule has 0 fully saturated rings. The van der Waals surface area contributed by atoms with Crippen molar-refractivity contribution in [3.63, 3.8) is 0 Å². The maximum Gasteiger partial charge on any atom is 0.227 e. The van der Waals surface area contributed by atoms with Crippen LogP contribution in [0.25, 0.3) is 0 Å². The van der Waals surface area contributed by atoms with Crippen LogP contribution in [0.3, 0.4) is 0 Å². The number of nitrogens with zero attached hydrogens (tertiary/aromatic N) is 1. The first-order chi connectivity index (χ1) is 9.24. The van der Waals surface area contributed by atoms with E-state index in [0.29, 0.717) is 17.1 Å². The molecular weight excluding hydrogens is 262 g/mol. The molecule has 0 saturated heterocycles. The number of carbonyl (C=O) groups is 1. The molecule has 1 aliphatic rings. The van der Waals surface area contributed by atoms with Gasteiger partial charge in [0.15, 0.2) is 0 Å². The Kier molecular flexibility index (Phi) is 3.25. The fraction of sp³-hybridized carbons (Fsp3) is 0.286. The third-order valence-corrected chi connectivity index (χ3v) is 3.82. The Balaban J connectivity index is 1.71. The Morgan fingerprint density at radius 3 is 3.11 bits per heavy atom. The molecule has 2 aromatic rings. The third kappa shape index (κ3) is 2.49. The largest absolute Gasteiger partial charge is 0.348 e. The summed E-state index contributed by atoms with van der Waals surface area (Å²) in [7, 11) is 0. The van der Waals surface area contributed by atoms with Crippen molar-refractivity contribution in [1.29, 1.82) is 0 Å². The Morgan fingerprint density at radius 2 is 2.26 bits per heavy atom. The molecule has 1 atom stereocenters. The molecule has 19 heavy (non-hydrogen) atoms. The first-order valence-corrected chi connectivity index (χ1v) is 6.68.